The van der Waals surface area contributed by atoms with Crippen LogP contribution < -0.4 is 16.0 Å². The van der Waals surface area contributed by atoms with Crippen LogP contribution in [0, 0.1) is 0 Å². The summed E-state index contributed by atoms with van der Waals surface area (Å²) in [6.07, 6.45) is 3.01. The first-order valence-corrected chi connectivity index (χ1v) is 9.45. The van der Waals surface area contributed by atoms with E-state index in [9.17, 15) is 9.59 Å². The molecule has 138 valence electrons. The Kier molecular flexibility index (Phi) is 5.57. The lowest BCUT2D eigenvalue weighted by Gasteiger charge is -2.27. The number of amides is 2. The highest BCUT2D eigenvalue weighted by Gasteiger charge is 2.40. The molecule has 5 nitrogen and oxygen atoms in total. The molecule has 1 aliphatic rings. The number of benzene rings is 2. The van der Waals surface area contributed by atoms with Crippen molar-refractivity contribution in [3.63, 3.8) is 0 Å². The van der Waals surface area contributed by atoms with Gasteiger partial charge in [-0.25, -0.2) is 0 Å². The van der Waals surface area contributed by atoms with Crippen LogP contribution in [0.1, 0.15) is 38.7 Å². The van der Waals surface area contributed by atoms with Gasteiger partial charge < -0.3 is 11.1 Å². The number of nitrogens with one attached hydrogen (secondary N) is 1. The quantitative estimate of drug-likeness (QED) is 0.784. The molecule has 2 atom stereocenters. The zero-order chi connectivity index (χ0) is 18.7. The molecule has 0 spiro atoms. The van der Waals surface area contributed by atoms with E-state index in [-0.39, 0.29) is 11.8 Å². The largest absolute Gasteiger partial charge is 0.354 e. The molecule has 0 saturated carbocycles. The number of hydrogen-bond acceptors (Lipinski definition) is 3. The lowest BCUT2D eigenvalue weighted by molar-refractivity contribution is -0.126. The van der Waals surface area contributed by atoms with E-state index in [1.54, 1.807) is 4.90 Å². The average molecular weight is 353 g/mol. The second-order valence-corrected chi connectivity index (χ2v) is 6.87. The topological polar surface area (TPSA) is 75.4 Å². The van der Waals surface area contributed by atoms with E-state index in [1.807, 2.05) is 43.3 Å². The zero-order valence-corrected chi connectivity index (χ0v) is 15.5. The van der Waals surface area contributed by atoms with Gasteiger partial charge >= 0.3 is 0 Å². The summed E-state index contributed by atoms with van der Waals surface area (Å²) in [6, 6.07) is 10.9. The minimum atomic E-state index is -0.599. The highest BCUT2D eigenvalue weighted by molar-refractivity contribution is 6.08. The highest BCUT2D eigenvalue weighted by Crippen LogP contribution is 2.38. The predicted octanol–water partition coefficient (Wildman–Crippen LogP) is 2.75. The van der Waals surface area contributed by atoms with Crippen molar-refractivity contribution in [2.45, 2.75) is 51.6 Å². The van der Waals surface area contributed by atoms with Crippen molar-refractivity contribution in [1.82, 2.24) is 5.32 Å². The Hall–Kier alpha value is -2.40. The molecule has 2 aromatic carbocycles. The lowest BCUT2D eigenvalue weighted by atomic mass is 10.0. The number of anilines is 1. The molecule has 26 heavy (non-hydrogen) atoms. The van der Waals surface area contributed by atoms with Gasteiger partial charge in [-0.2, -0.15) is 0 Å². The molecule has 3 rings (SSSR count). The van der Waals surface area contributed by atoms with E-state index in [0.717, 1.165) is 34.9 Å². The van der Waals surface area contributed by atoms with Gasteiger partial charge in [0, 0.05) is 18.7 Å². The maximum atomic E-state index is 12.9. The third-order valence-corrected chi connectivity index (χ3v) is 5.11. The summed E-state index contributed by atoms with van der Waals surface area (Å²) in [5.41, 5.74) is 7.89. The number of fused-ring (bicyclic) bond motifs is 3. The molecular weight excluding hydrogens is 326 g/mol. The van der Waals surface area contributed by atoms with Gasteiger partial charge in [-0.15, -0.1) is 0 Å². The molecule has 0 aliphatic carbocycles. The van der Waals surface area contributed by atoms with Crippen molar-refractivity contribution < 1.29 is 9.59 Å². The lowest BCUT2D eigenvalue weighted by Crippen LogP contribution is -2.53. The SMILES string of the molecule is CCCCNC(=O)C1Cc2c(ccc3ccccc23)N1C(=O)C(N)CC. The first-order chi connectivity index (χ1) is 12.6. The smallest absolute Gasteiger partial charge is 0.244 e. The van der Waals surface area contributed by atoms with Crippen LogP contribution in [0.5, 0.6) is 0 Å². The molecule has 1 aliphatic heterocycles. The molecule has 0 saturated heterocycles. The van der Waals surface area contributed by atoms with Gasteiger partial charge in [0.2, 0.25) is 11.8 Å². The van der Waals surface area contributed by atoms with Gasteiger partial charge in [0.25, 0.3) is 0 Å². The van der Waals surface area contributed by atoms with Crippen molar-refractivity contribution in [2.24, 2.45) is 5.73 Å². The number of nitrogens with zero attached hydrogens (tertiary/aromatic N) is 1. The number of carbonyl (C=O) groups is 2. The minimum absolute atomic E-state index is 0.101. The molecule has 5 heteroatoms. The van der Waals surface area contributed by atoms with Gasteiger partial charge in [0.1, 0.15) is 6.04 Å². The van der Waals surface area contributed by atoms with Crippen LogP contribution in [0.25, 0.3) is 10.8 Å². The molecular formula is C21H27N3O2. The van der Waals surface area contributed by atoms with Crippen molar-refractivity contribution in [2.75, 3.05) is 11.4 Å². The number of carbonyl (C=O) groups excluding carboxylic acids is 2. The van der Waals surface area contributed by atoms with Crippen LogP contribution in [0.4, 0.5) is 5.69 Å². The van der Waals surface area contributed by atoms with Crippen LogP contribution in [-0.2, 0) is 16.0 Å². The second-order valence-electron chi connectivity index (χ2n) is 6.87. The van der Waals surface area contributed by atoms with E-state index < -0.39 is 12.1 Å². The van der Waals surface area contributed by atoms with E-state index in [0.29, 0.717) is 19.4 Å². The van der Waals surface area contributed by atoms with Crippen molar-refractivity contribution in [1.29, 1.82) is 0 Å². The van der Waals surface area contributed by atoms with Crippen molar-refractivity contribution in [3.8, 4) is 0 Å². The van der Waals surface area contributed by atoms with Gasteiger partial charge in [-0.1, -0.05) is 50.6 Å². The number of hydrogen-bond donors (Lipinski definition) is 2. The normalized spacial score (nSPS) is 17.2. The molecule has 2 unspecified atom stereocenters. The Morgan fingerprint density at radius 1 is 1.23 bits per heavy atom. The third kappa shape index (κ3) is 3.31. The van der Waals surface area contributed by atoms with Gasteiger partial charge in [-0.05, 0) is 35.2 Å². The standard InChI is InChI=1S/C21H27N3O2/c1-3-5-12-23-20(25)19-13-16-15-9-7-6-8-14(15)10-11-18(16)24(19)21(26)17(22)4-2/h6-11,17,19H,3-5,12-13,22H2,1-2H3,(H,23,25). The number of unbranched alkanes of at least 4 members (excludes halogenated alkanes) is 1. The molecule has 2 aromatic rings. The molecule has 1 heterocycles. The molecule has 0 aromatic heterocycles. The Balaban J connectivity index is 2.00. The van der Waals surface area contributed by atoms with E-state index in [2.05, 4.69) is 12.2 Å². The Bertz CT molecular complexity index is 818. The highest BCUT2D eigenvalue weighted by atomic mass is 16.2. The summed E-state index contributed by atoms with van der Waals surface area (Å²) >= 11 is 0. The Labute approximate surface area is 154 Å². The zero-order valence-electron chi connectivity index (χ0n) is 15.5. The molecule has 0 fully saturated rings. The minimum Gasteiger partial charge on any atom is -0.354 e. The van der Waals surface area contributed by atoms with Gasteiger partial charge in [-0.3, -0.25) is 14.5 Å². The summed E-state index contributed by atoms with van der Waals surface area (Å²) in [4.78, 5) is 27.4. The maximum absolute atomic E-state index is 12.9. The van der Waals surface area contributed by atoms with Crippen LogP contribution in [0.15, 0.2) is 36.4 Å². The number of nitrogens with two attached hydrogens (primary N) is 1. The molecule has 3 N–H and O–H groups in total. The summed E-state index contributed by atoms with van der Waals surface area (Å²) in [6.45, 7) is 4.60. The fourth-order valence-electron chi connectivity index (χ4n) is 3.56. The molecule has 0 bridgehead atoms. The molecule has 2 amide bonds. The van der Waals surface area contributed by atoms with Gasteiger partial charge in [0.05, 0.1) is 6.04 Å². The summed E-state index contributed by atoms with van der Waals surface area (Å²) in [5.74, 6) is -0.285. The van der Waals surface area contributed by atoms with Gasteiger partial charge in [0.15, 0.2) is 0 Å². The fraction of sp³-hybridized carbons (Fsp3) is 0.429. The van der Waals surface area contributed by atoms with Crippen LogP contribution in [0.2, 0.25) is 0 Å². The first-order valence-electron chi connectivity index (χ1n) is 9.45. The Morgan fingerprint density at radius 2 is 2.00 bits per heavy atom. The Morgan fingerprint density at radius 3 is 2.73 bits per heavy atom. The van der Waals surface area contributed by atoms with Crippen molar-refractivity contribution in [3.05, 3.63) is 42.0 Å². The summed E-state index contributed by atoms with van der Waals surface area (Å²) < 4.78 is 0. The second kappa shape index (κ2) is 7.87. The van der Waals surface area contributed by atoms with Crippen molar-refractivity contribution >= 4 is 28.3 Å². The maximum Gasteiger partial charge on any atom is 0.244 e. The monoisotopic (exact) mass is 353 g/mol. The first kappa shape index (κ1) is 18.4. The van der Waals surface area contributed by atoms with E-state index in [1.165, 1.54) is 0 Å². The van der Waals surface area contributed by atoms with Crippen LogP contribution in [0.3, 0.4) is 0 Å². The predicted molar refractivity (Wildman–Crippen MR) is 105 cm³/mol. The number of rotatable bonds is 6. The molecule has 0 radical (unpaired) electrons. The summed E-state index contributed by atoms with van der Waals surface area (Å²) in [5, 5.41) is 5.19. The third-order valence-electron chi connectivity index (χ3n) is 5.11. The van der Waals surface area contributed by atoms with E-state index >= 15 is 0 Å². The average Bonchev–Trinajstić information content (AvgIpc) is 3.07. The summed E-state index contributed by atoms with van der Waals surface area (Å²) in [7, 11) is 0. The van der Waals surface area contributed by atoms with Crippen LogP contribution in [-0.4, -0.2) is 30.4 Å². The van der Waals surface area contributed by atoms with E-state index in [4.69, 9.17) is 5.73 Å². The van der Waals surface area contributed by atoms with Crippen LogP contribution >= 0.6 is 0 Å². The fourth-order valence-corrected chi connectivity index (χ4v) is 3.56.